The number of hydrogen-bond donors (Lipinski definition) is 1. The van der Waals surface area contributed by atoms with E-state index in [4.69, 9.17) is 13.8 Å². The van der Waals surface area contributed by atoms with E-state index in [2.05, 4.69) is 34.5 Å². The van der Waals surface area contributed by atoms with Gasteiger partial charge >= 0.3 is 0 Å². The van der Waals surface area contributed by atoms with Crippen LogP contribution in [0.5, 0.6) is 5.88 Å². The third-order valence-corrected chi connectivity index (χ3v) is 4.04. The first-order chi connectivity index (χ1) is 11.9. The van der Waals surface area contributed by atoms with Gasteiger partial charge in [-0.25, -0.2) is 4.98 Å². The number of aryl methyl sites for hydroxylation is 3. The van der Waals surface area contributed by atoms with E-state index in [1.807, 2.05) is 26.8 Å². The highest BCUT2D eigenvalue weighted by Crippen LogP contribution is 2.36. The molecule has 132 valence electrons. The Morgan fingerprint density at radius 3 is 2.40 bits per heavy atom. The van der Waals surface area contributed by atoms with Crippen molar-refractivity contribution in [3.8, 4) is 17.0 Å². The molecule has 3 heterocycles. The zero-order valence-corrected chi connectivity index (χ0v) is 15.3. The van der Waals surface area contributed by atoms with Crippen molar-refractivity contribution in [3.63, 3.8) is 0 Å². The first-order valence-corrected chi connectivity index (χ1v) is 8.12. The molecular formula is C18H22N4O3. The predicted octanol–water partition coefficient (Wildman–Crippen LogP) is 4.53. The Hall–Kier alpha value is -2.83. The van der Waals surface area contributed by atoms with E-state index in [0.29, 0.717) is 5.88 Å². The number of pyridine rings is 1. The minimum Gasteiger partial charge on any atom is -0.480 e. The van der Waals surface area contributed by atoms with Crippen LogP contribution in [-0.4, -0.2) is 22.4 Å². The van der Waals surface area contributed by atoms with Gasteiger partial charge in [0.2, 0.25) is 5.88 Å². The molecule has 0 spiro atoms. The molecule has 0 amide bonds. The maximum Gasteiger partial charge on any atom is 0.237 e. The van der Waals surface area contributed by atoms with Gasteiger partial charge in [-0.05, 0) is 26.8 Å². The number of anilines is 2. The fraction of sp³-hybridized carbons (Fsp3) is 0.389. The van der Waals surface area contributed by atoms with Crippen molar-refractivity contribution in [2.24, 2.45) is 0 Å². The zero-order chi connectivity index (χ0) is 18.1. The summed E-state index contributed by atoms with van der Waals surface area (Å²) in [6.45, 7) is 9.80. The molecule has 7 nitrogen and oxygen atoms in total. The minimum atomic E-state index is 0.202. The maximum absolute atomic E-state index is 5.44. The number of ether oxygens (including phenoxy) is 1. The Bertz CT molecular complexity index is 876. The van der Waals surface area contributed by atoms with Crippen molar-refractivity contribution in [2.75, 3.05) is 12.4 Å². The molecule has 0 saturated heterocycles. The van der Waals surface area contributed by atoms with E-state index >= 15 is 0 Å². The third kappa shape index (κ3) is 3.09. The average molecular weight is 342 g/mol. The second-order valence-electron chi connectivity index (χ2n) is 6.27. The minimum absolute atomic E-state index is 0.202. The summed E-state index contributed by atoms with van der Waals surface area (Å²) in [5, 5.41) is 11.4. The van der Waals surface area contributed by atoms with E-state index < -0.39 is 0 Å². The Kier molecular flexibility index (Phi) is 4.48. The molecule has 0 fully saturated rings. The van der Waals surface area contributed by atoms with Gasteiger partial charge in [0.15, 0.2) is 5.76 Å². The third-order valence-electron chi connectivity index (χ3n) is 4.04. The smallest absolute Gasteiger partial charge is 0.237 e. The normalized spacial score (nSPS) is 11.2. The van der Waals surface area contributed by atoms with Crippen LogP contribution in [0, 0.1) is 20.8 Å². The maximum atomic E-state index is 5.44. The van der Waals surface area contributed by atoms with Gasteiger partial charge in [0.1, 0.15) is 22.8 Å². The molecule has 0 bridgehead atoms. The van der Waals surface area contributed by atoms with Crippen LogP contribution in [0.3, 0.4) is 0 Å². The highest BCUT2D eigenvalue weighted by Gasteiger charge is 2.20. The first kappa shape index (κ1) is 17.0. The molecular weight excluding hydrogens is 320 g/mol. The van der Waals surface area contributed by atoms with Crippen LogP contribution in [0.25, 0.3) is 11.1 Å². The molecule has 1 N–H and O–H groups in total. The van der Waals surface area contributed by atoms with Gasteiger partial charge in [-0.2, -0.15) is 0 Å². The summed E-state index contributed by atoms with van der Waals surface area (Å²) in [6, 6.07) is 1.97. The van der Waals surface area contributed by atoms with Crippen molar-refractivity contribution >= 4 is 11.4 Å². The van der Waals surface area contributed by atoms with Crippen molar-refractivity contribution in [2.45, 2.75) is 40.5 Å². The summed E-state index contributed by atoms with van der Waals surface area (Å²) in [5.74, 6) is 2.24. The largest absolute Gasteiger partial charge is 0.480 e. The number of aromatic nitrogens is 3. The summed E-state index contributed by atoms with van der Waals surface area (Å²) in [7, 11) is 1.59. The van der Waals surface area contributed by atoms with Gasteiger partial charge in [-0.15, -0.1) is 0 Å². The van der Waals surface area contributed by atoms with Crippen molar-refractivity contribution in [3.05, 3.63) is 35.2 Å². The summed E-state index contributed by atoms with van der Waals surface area (Å²) >= 11 is 0. The fourth-order valence-corrected chi connectivity index (χ4v) is 2.80. The zero-order valence-electron chi connectivity index (χ0n) is 15.3. The number of methoxy groups -OCH3 is 1. The molecule has 0 aliphatic carbocycles. The molecule has 0 aliphatic heterocycles. The van der Waals surface area contributed by atoms with Crippen LogP contribution in [0.2, 0.25) is 0 Å². The lowest BCUT2D eigenvalue weighted by molar-refractivity contribution is 0.368. The Balaban J connectivity index is 2.07. The van der Waals surface area contributed by atoms with E-state index in [1.54, 1.807) is 13.3 Å². The van der Waals surface area contributed by atoms with Crippen LogP contribution in [-0.2, 0) is 0 Å². The topological polar surface area (TPSA) is 86.2 Å². The second kappa shape index (κ2) is 6.58. The SMILES string of the molecule is COc1ncc(-c2c(C)noc2C)cc1Nc1c(C)noc1C(C)C. The van der Waals surface area contributed by atoms with Crippen LogP contribution in [0.15, 0.2) is 21.3 Å². The van der Waals surface area contributed by atoms with Gasteiger partial charge in [0.25, 0.3) is 0 Å². The standard InChI is InChI=1S/C18H22N4O3/c1-9(2)17-16(11(4)22-25-17)20-14-7-13(8-19-18(14)23-6)15-10(3)21-24-12(15)5/h7-9,20H,1-6H3. The second-order valence-corrected chi connectivity index (χ2v) is 6.27. The van der Waals surface area contributed by atoms with Crippen LogP contribution < -0.4 is 10.1 Å². The number of nitrogens with one attached hydrogen (secondary N) is 1. The molecule has 0 radical (unpaired) electrons. The van der Waals surface area contributed by atoms with Gasteiger partial charge in [-0.3, -0.25) is 0 Å². The first-order valence-electron chi connectivity index (χ1n) is 8.12. The van der Waals surface area contributed by atoms with Crippen molar-refractivity contribution < 1.29 is 13.8 Å². The van der Waals surface area contributed by atoms with Crippen LogP contribution in [0.4, 0.5) is 11.4 Å². The number of nitrogens with zero attached hydrogens (tertiary/aromatic N) is 3. The summed E-state index contributed by atoms with van der Waals surface area (Å²) in [5.41, 5.74) is 5.01. The highest BCUT2D eigenvalue weighted by molar-refractivity contribution is 5.76. The lowest BCUT2D eigenvalue weighted by Gasteiger charge is -2.13. The Labute approximate surface area is 146 Å². The summed E-state index contributed by atoms with van der Waals surface area (Å²) in [4.78, 5) is 4.41. The van der Waals surface area contributed by atoms with E-state index in [0.717, 1.165) is 45.4 Å². The molecule has 3 aromatic rings. The fourth-order valence-electron chi connectivity index (χ4n) is 2.80. The molecule has 0 unspecified atom stereocenters. The Morgan fingerprint density at radius 2 is 1.80 bits per heavy atom. The number of rotatable bonds is 5. The van der Waals surface area contributed by atoms with Crippen molar-refractivity contribution in [1.29, 1.82) is 0 Å². The molecule has 0 saturated carbocycles. The van der Waals surface area contributed by atoms with Crippen LogP contribution in [0.1, 0.15) is 42.7 Å². The van der Waals surface area contributed by atoms with Gasteiger partial charge in [-0.1, -0.05) is 24.2 Å². The molecule has 0 aromatic carbocycles. The summed E-state index contributed by atoms with van der Waals surface area (Å²) < 4.78 is 16.1. The molecule has 3 aromatic heterocycles. The van der Waals surface area contributed by atoms with E-state index in [-0.39, 0.29) is 5.92 Å². The Morgan fingerprint density at radius 1 is 1.08 bits per heavy atom. The lowest BCUT2D eigenvalue weighted by atomic mass is 10.1. The highest BCUT2D eigenvalue weighted by atomic mass is 16.5. The summed E-state index contributed by atoms with van der Waals surface area (Å²) in [6.07, 6.45) is 1.75. The quantitative estimate of drug-likeness (QED) is 0.729. The lowest BCUT2D eigenvalue weighted by Crippen LogP contribution is -2.01. The van der Waals surface area contributed by atoms with Gasteiger partial charge in [0, 0.05) is 23.2 Å². The molecule has 0 atom stereocenters. The van der Waals surface area contributed by atoms with E-state index in [9.17, 15) is 0 Å². The van der Waals surface area contributed by atoms with Crippen molar-refractivity contribution in [1.82, 2.24) is 15.3 Å². The van der Waals surface area contributed by atoms with Crippen LogP contribution >= 0.6 is 0 Å². The number of hydrogen-bond acceptors (Lipinski definition) is 7. The molecule has 7 heteroatoms. The van der Waals surface area contributed by atoms with Gasteiger partial charge < -0.3 is 19.1 Å². The molecule has 3 rings (SSSR count). The van der Waals surface area contributed by atoms with Gasteiger partial charge in [0.05, 0.1) is 12.8 Å². The molecule has 0 aliphatic rings. The average Bonchev–Trinajstić information content (AvgIpc) is 3.10. The predicted molar refractivity (Wildman–Crippen MR) is 94.4 cm³/mol. The van der Waals surface area contributed by atoms with E-state index in [1.165, 1.54) is 0 Å². The molecule has 25 heavy (non-hydrogen) atoms. The monoisotopic (exact) mass is 342 g/mol.